The van der Waals surface area contributed by atoms with E-state index in [4.69, 9.17) is 4.74 Å². The van der Waals surface area contributed by atoms with Crippen molar-refractivity contribution in [2.75, 3.05) is 13.2 Å². The quantitative estimate of drug-likeness (QED) is 0.675. The van der Waals surface area contributed by atoms with Crippen LogP contribution in [0.5, 0.6) is 0 Å². The van der Waals surface area contributed by atoms with Crippen molar-refractivity contribution < 1.29 is 9.53 Å². The molecule has 0 radical (unpaired) electrons. The van der Waals surface area contributed by atoms with Crippen molar-refractivity contribution in [3.63, 3.8) is 0 Å². The van der Waals surface area contributed by atoms with Crippen molar-refractivity contribution in [3.8, 4) is 0 Å². The molecular formula is C21H24N4O2. The summed E-state index contributed by atoms with van der Waals surface area (Å²) in [7, 11) is 0. The van der Waals surface area contributed by atoms with Crippen LogP contribution in [-0.2, 0) is 22.4 Å². The Kier molecular flexibility index (Phi) is 5.44. The number of aromatic amines is 1. The van der Waals surface area contributed by atoms with Crippen molar-refractivity contribution in [2.24, 2.45) is 5.92 Å². The fraction of sp³-hybridized carbons (Fsp3) is 0.381. The Morgan fingerprint density at radius 2 is 2.19 bits per heavy atom. The number of para-hydroxylation sites is 1. The van der Waals surface area contributed by atoms with Gasteiger partial charge in [-0.05, 0) is 42.5 Å². The molecule has 0 unspecified atom stereocenters. The number of hydrogen-bond acceptors (Lipinski definition) is 4. The van der Waals surface area contributed by atoms with E-state index in [1.54, 1.807) is 6.20 Å². The minimum atomic E-state index is 0.0679. The average Bonchev–Trinajstić information content (AvgIpc) is 3.35. The number of nitrogens with one attached hydrogen (secondary N) is 2. The van der Waals surface area contributed by atoms with Gasteiger partial charge in [0.05, 0.1) is 31.0 Å². The number of aromatic nitrogens is 3. The second-order valence-corrected chi connectivity index (χ2v) is 7.12. The number of ether oxygens (including phenoxy) is 1. The normalized spacial score (nSPS) is 19.4. The maximum Gasteiger partial charge on any atom is 0.220 e. The Labute approximate surface area is 158 Å². The van der Waals surface area contributed by atoms with Crippen LogP contribution in [0.25, 0.3) is 10.9 Å². The molecule has 0 bridgehead atoms. The molecule has 27 heavy (non-hydrogen) atoms. The molecule has 6 heteroatoms. The number of pyridine rings is 1. The second kappa shape index (κ2) is 8.31. The van der Waals surface area contributed by atoms with E-state index in [1.165, 1.54) is 10.9 Å². The molecule has 1 aliphatic rings. The van der Waals surface area contributed by atoms with Crippen LogP contribution in [0.4, 0.5) is 0 Å². The minimum Gasteiger partial charge on any atom is -0.379 e. The summed E-state index contributed by atoms with van der Waals surface area (Å²) in [6, 6.07) is 10.3. The van der Waals surface area contributed by atoms with Gasteiger partial charge in [0, 0.05) is 30.1 Å². The van der Waals surface area contributed by atoms with Crippen molar-refractivity contribution in [3.05, 3.63) is 60.0 Å². The lowest BCUT2D eigenvalue weighted by Gasteiger charge is -2.20. The lowest BCUT2D eigenvalue weighted by Crippen LogP contribution is -2.40. The topological polar surface area (TPSA) is 79.9 Å². The van der Waals surface area contributed by atoms with Gasteiger partial charge in [-0.25, -0.2) is 0 Å². The highest BCUT2D eigenvalue weighted by molar-refractivity contribution is 5.82. The van der Waals surface area contributed by atoms with Crippen molar-refractivity contribution >= 4 is 16.8 Å². The standard InChI is InChI=1S/C21H24N4O2/c26-21(7-3-4-15-11-23-24-12-15)25-20-14-27-13-17(20)10-16-8-9-22-19-6-2-1-5-18(16)19/h1-2,5-6,8-9,11-12,17,20H,3-4,7,10,13-14H2,(H,23,24)(H,25,26)/t17-,20-/m1/s1. The van der Waals surface area contributed by atoms with Crippen molar-refractivity contribution in [1.29, 1.82) is 0 Å². The number of rotatable bonds is 7. The molecule has 1 fully saturated rings. The number of carbonyl (C=O) groups is 1. The van der Waals surface area contributed by atoms with Gasteiger partial charge in [-0.2, -0.15) is 5.10 Å². The molecule has 0 spiro atoms. The van der Waals surface area contributed by atoms with Gasteiger partial charge >= 0.3 is 0 Å². The maximum absolute atomic E-state index is 12.3. The number of hydrogen-bond donors (Lipinski definition) is 2. The molecule has 0 saturated carbocycles. The lowest BCUT2D eigenvalue weighted by atomic mass is 9.93. The summed E-state index contributed by atoms with van der Waals surface area (Å²) < 4.78 is 5.68. The van der Waals surface area contributed by atoms with Gasteiger partial charge in [-0.3, -0.25) is 14.9 Å². The van der Waals surface area contributed by atoms with Crippen LogP contribution in [-0.4, -0.2) is 40.3 Å². The molecule has 0 aliphatic carbocycles. The van der Waals surface area contributed by atoms with Crippen molar-refractivity contribution in [2.45, 2.75) is 31.7 Å². The van der Waals surface area contributed by atoms with Gasteiger partial charge in [0.15, 0.2) is 0 Å². The summed E-state index contributed by atoms with van der Waals surface area (Å²) in [5, 5.41) is 11.1. The summed E-state index contributed by atoms with van der Waals surface area (Å²) in [5.41, 5.74) is 3.40. The smallest absolute Gasteiger partial charge is 0.220 e. The van der Waals surface area contributed by atoms with Crippen LogP contribution in [0.2, 0.25) is 0 Å². The summed E-state index contributed by atoms with van der Waals surface area (Å²) in [4.78, 5) is 16.8. The highest BCUT2D eigenvalue weighted by atomic mass is 16.5. The van der Waals surface area contributed by atoms with Crippen LogP contribution in [0.3, 0.4) is 0 Å². The predicted octanol–water partition coefficient (Wildman–Crippen LogP) is 2.65. The van der Waals surface area contributed by atoms with Crippen LogP contribution in [0, 0.1) is 5.92 Å². The van der Waals surface area contributed by atoms with E-state index in [0.29, 0.717) is 19.6 Å². The fourth-order valence-corrected chi connectivity index (χ4v) is 3.72. The Hall–Kier alpha value is -2.73. The number of fused-ring (bicyclic) bond motifs is 1. The molecule has 1 saturated heterocycles. The molecule has 1 aromatic carbocycles. The van der Waals surface area contributed by atoms with Gasteiger partial charge in [0.2, 0.25) is 5.91 Å². The number of H-pyrrole nitrogens is 1. The van der Waals surface area contributed by atoms with Gasteiger partial charge in [-0.15, -0.1) is 0 Å². The molecule has 140 valence electrons. The minimum absolute atomic E-state index is 0.0679. The first-order valence-corrected chi connectivity index (χ1v) is 9.47. The van der Waals surface area contributed by atoms with Crippen LogP contribution >= 0.6 is 0 Å². The summed E-state index contributed by atoms with van der Waals surface area (Å²) in [6.45, 7) is 1.26. The summed E-state index contributed by atoms with van der Waals surface area (Å²) >= 11 is 0. The molecule has 3 heterocycles. The van der Waals surface area contributed by atoms with E-state index in [2.05, 4.69) is 32.6 Å². The molecule has 2 aromatic heterocycles. The number of nitrogens with zero attached hydrogens (tertiary/aromatic N) is 2. The van der Waals surface area contributed by atoms with Crippen LogP contribution in [0.15, 0.2) is 48.9 Å². The molecule has 3 aromatic rings. The van der Waals surface area contributed by atoms with E-state index in [9.17, 15) is 4.79 Å². The Morgan fingerprint density at radius 3 is 3.07 bits per heavy atom. The van der Waals surface area contributed by atoms with Gasteiger partial charge < -0.3 is 10.1 Å². The highest BCUT2D eigenvalue weighted by Crippen LogP contribution is 2.24. The van der Waals surface area contributed by atoms with E-state index in [1.807, 2.05) is 30.6 Å². The molecule has 2 N–H and O–H groups in total. The van der Waals surface area contributed by atoms with E-state index < -0.39 is 0 Å². The lowest BCUT2D eigenvalue weighted by molar-refractivity contribution is -0.122. The van der Waals surface area contributed by atoms with Gasteiger partial charge in [0.25, 0.3) is 0 Å². The summed E-state index contributed by atoms with van der Waals surface area (Å²) in [5.74, 6) is 0.382. The Balaban J connectivity index is 1.34. The largest absolute Gasteiger partial charge is 0.379 e. The average molecular weight is 364 g/mol. The third kappa shape index (κ3) is 4.34. The number of carbonyl (C=O) groups excluding carboxylic acids is 1. The molecule has 1 amide bonds. The Morgan fingerprint density at radius 1 is 1.26 bits per heavy atom. The predicted molar refractivity (Wildman–Crippen MR) is 103 cm³/mol. The van der Waals surface area contributed by atoms with Crippen LogP contribution < -0.4 is 5.32 Å². The SMILES string of the molecule is O=C(CCCc1cn[nH]c1)N[C@@H]1COC[C@H]1Cc1ccnc2ccccc12. The Bertz CT molecular complexity index is 889. The zero-order valence-corrected chi connectivity index (χ0v) is 15.2. The van der Waals surface area contributed by atoms with E-state index >= 15 is 0 Å². The van der Waals surface area contributed by atoms with E-state index in [-0.39, 0.29) is 17.9 Å². The van der Waals surface area contributed by atoms with Crippen LogP contribution in [0.1, 0.15) is 24.0 Å². The first kappa shape index (κ1) is 17.7. The molecule has 2 atom stereocenters. The number of aryl methyl sites for hydroxylation is 1. The number of benzene rings is 1. The first-order valence-electron chi connectivity index (χ1n) is 9.47. The third-order valence-corrected chi connectivity index (χ3v) is 5.19. The van der Waals surface area contributed by atoms with E-state index in [0.717, 1.165) is 30.3 Å². The zero-order valence-electron chi connectivity index (χ0n) is 15.2. The molecule has 4 rings (SSSR count). The maximum atomic E-state index is 12.3. The molecular weight excluding hydrogens is 340 g/mol. The summed E-state index contributed by atoms with van der Waals surface area (Å²) in [6.07, 6.45) is 8.61. The van der Waals surface area contributed by atoms with Gasteiger partial charge in [0.1, 0.15) is 0 Å². The highest BCUT2D eigenvalue weighted by Gasteiger charge is 2.29. The number of amides is 1. The molecule has 1 aliphatic heterocycles. The fourth-order valence-electron chi connectivity index (χ4n) is 3.72. The van der Waals surface area contributed by atoms with Crippen molar-refractivity contribution in [1.82, 2.24) is 20.5 Å². The monoisotopic (exact) mass is 364 g/mol. The zero-order chi connectivity index (χ0) is 18.5. The molecule has 6 nitrogen and oxygen atoms in total. The second-order valence-electron chi connectivity index (χ2n) is 7.12. The first-order chi connectivity index (χ1) is 13.3. The third-order valence-electron chi connectivity index (χ3n) is 5.19. The van der Waals surface area contributed by atoms with Gasteiger partial charge in [-0.1, -0.05) is 18.2 Å².